The largest absolute Gasteiger partial charge is 0.444 e. The van der Waals surface area contributed by atoms with E-state index in [1.807, 2.05) is 27.0 Å². The second-order valence-electron chi connectivity index (χ2n) is 5.76. The summed E-state index contributed by atoms with van der Waals surface area (Å²) in [6.45, 7) is 6.39. The SMILES string of the molecule is CSC1CN(C(=O)OC(C)(C)C)C2C(O)COC12. The first-order valence-corrected chi connectivity index (χ1v) is 7.44. The quantitative estimate of drug-likeness (QED) is 0.776. The van der Waals surface area contributed by atoms with Crippen molar-refractivity contribution in [2.45, 2.75) is 49.9 Å². The number of likely N-dealkylation sites (tertiary alicyclic amines) is 1. The van der Waals surface area contributed by atoms with Crippen molar-refractivity contribution < 1.29 is 19.4 Å². The first kappa shape index (κ1) is 14.0. The van der Waals surface area contributed by atoms with Crippen molar-refractivity contribution in [2.75, 3.05) is 19.4 Å². The van der Waals surface area contributed by atoms with Gasteiger partial charge in [-0.1, -0.05) is 0 Å². The van der Waals surface area contributed by atoms with Gasteiger partial charge < -0.3 is 14.6 Å². The highest BCUT2D eigenvalue weighted by atomic mass is 32.2. The molecule has 0 radical (unpaired) electrons. The maximum Gasteiger partial charge on any atom is 0.410 e. The molecule has 0 bridgehead atoms. The van der Waals surface area contributed by atoms with E-state index in [1.54, 1.807) is 16.7 Å². The number of hydrogen-bond donors (Lipinski definition) is 1. The number of carbonyl (C=O) groups is 1. The molecule has 2 fully saturated rings. The van der Waals surface area contributed by atoms with Crippen LogP contribution < -0.4 is 0 Å². The van der Waals surface area contributed by atoms with Crippen LogP contribution in [0, 0.1) is 0 Å². The average Bonchev–Trinajstić information content (AvgIpc) is 2.77. The second kappa shape index (κ2) is 4.90. The Morgan fingerprint density at radius 1 is 1.50 bits per heavy atom. The van der Waals surface area contributed by atoms with Crippen LogP contribution in [0.4, 0.5) is 4.79 Å². The zero-order valence-corrected chi connectivity index (χ0v) is 12.1. The summed E-state index contributed by atoms with van der Waals surface area (Å²) >= 11 is 1.66. The van der Waals surface area contributed by atoms with E-state index in [9.17, 15) is 9.90 Å². The lowest BCUT2D eigenvalue weighted by atomic mass is 10.1. The number of aliphatic hydroxyl groups is 1. The van der Waals surface area contributed by atoms with E-state index in [0.717, 1.165) is 0 Å². The molecular formula is C12H21NO4S. The third-order valence-corrected chi connectivity index (χ3v) is 4.25. The Balaban J connectivity index is 2.11. The Morgan fingerprint density at radius 3 is 2.72 bits per heavy atom. The molecule has 0 aromatic heterocycles. The molecule has 6 heteroatoms. The highest BCUT2D eigenvalue weighted by molar-refractivity contribution is 7.99. The number of carbonyl (C=O) groups excluding carboxylic acids is 1. The topological polar surface area (TPSA) is 59.0 Å². The van der Waals surface area contributed by atoms with Crippen molar-refractivity contribution in [1.82, 2.24) is 4.90 Å². The molecule has 2 aliphatic heterocycles. The van der Waals surface area contributed by atoms with Crippen LogP contribution in [0.25, 0.3) is 0 Å². The maximum atomic E-state index is 12.1. The third-order valence-electron chi connectivity index (χ3n) is 3.22. The van der Waals surface area contributed by atoms with E-state index in [4.69, 9.17) is 9.47 Å². The summed E-state index contributed by atoms with van der Waals surface area (Å²) in [6.07, 6.45) is 0.940. The van der Waals surface area contributed by atoms with E-state index in [-0.39, 0.29) is 23.5 Å². The molecule has 0 aromatic carbocycles. The fourth-order valence-electron chi connectivity index (χ4n) is 2.48. The summed E-state index contributed by atoms with van der Waals surface area (Å²) < 4.78 is 11.0. The van der Waals surface area contributed by atoms with Crippen LogP contribution >= 0.6 is 11.8 Å². The predicted octanol–water partition coefficient (Wildman–Crippen LogP) is 1.10. The molecule has 5 nitrogen and oxygen atoms in total. The summed E-state index contributed by atoms with van der Waals surface area (Å²) in [5.74, 6) is 0. The van der Waals surface area contributed by atoms with Gasteiger partial charge in [0.05, 0.1) is 24.0 Å². The highest BCUT2D eigenvalue weighted by Crippen LogP contribution is 2.35. The molecule has 104 valence electrons. The van der Waals surface area contributed by atoms with Crippen LogP contribution in [-0.4, -0.2) is 64.6 Å². The van der Waals surface area contributed by atoms with Gasteiger partial charge in [-0.2, -0.15) is 11.8 Å². The molecule has 2 aliphatic rings. The fourth-order valence-corrected chi connectivity index (χ4v) is 3.30. The molecule has 4 unspecified atom stereocenters. The van der Waals surface area contributed by atoms with Crippen LogP contribution in [0.1, 0.15) is 20.8 Å². The summed E-state index contributed by atoms with van der Waals surface area (Å²) in [7, 11) is 0. The van der Waals surface area contributed by atoms with Crippen molar-refractivity contribution in [3.63, 3.8) is 0 Å². The Hall–Kier alpha value is -0.460. The second-order valence-corrected chi connectivity index (χ2v) is 6.84. The van der Waals surface area contributed by atoms with Gasteiger partial charge in [0.1, 0.15) is 11.7 Å². The lowest BCUT2D eigenvalue weighted by Gasteiger charge is -2.28. The number of hydrogen-bond acceptors (Lipinski definition) is 5. The van der Waals surface area contributed by atoms with E-state index >= 15 is 0 Å². The van der Waals surface area contributed by atoms with Gasteiger partial charge in [0, 0.05) is 6.54 Å². The number of ether oxygens (including phenoxy) is 2. The van der Waals surface area contributed by atoms with E-state index in [0.29, 0.717) is 13.2 Å². The molecule has 0 aromatic rings. The summed E-state index contributed by atoms with van der Waals surface area (Å²) in [6, 6.07) is -0.266. The van der Waals surface area contributed by atoms with Crippen molar-refractivity contribution in [1.29, 1.82) is 0 Å². The number of nitrogens with zero attached hydrogens (tertiary/aromatic N) is 1. The smallest absolute Gasteiger partial charge is 0.410 e. The average molecular weight is 275 g/mol. The summed E-state index contributed by atoms with van der Waals surface area (Å²) in [4.78, 5) is 13.8. The molecule has 0 saturated carbocycles. The minimum atomic E-state index is -0.611. The summed E-state index contributed by atoms with van der Waals surface area (Å²) in [5, 5.41) is 10.2. The molecule has 18 heavy (non-hydrogen) atoms. The molecule has 1 N–H and O–H groups in total. The van der Waals surface area contributed by atoms with Gasteiger partial charge in [-0.25, -0.2) is 4.79 Å². The van der Waals surface area contributed by atoms with Gasteiger partial charge in [0.2, 0.25) is 0 Å². The number of fused-ring (bicyclic) bond motifs is 1. The van der Waals surface area contributed by atoms with Gasteiger partial charge in [-0.3, -0.25) is 4.90 Å². The predicted molar refractivity (Wildman–Crippen MR) is 69.8 cm³/mol. The fraction of sp³-hybridized carbons (Fsp3) is 0.917. The number of aliphatic hydroxyl groups excluding tert-OH is 1. The minimum Gasteiger partial charge on any atom is -0.444 e. The highest BCUT2D eigenvalue weighted by Gasteiger charge is 2.52. The van der Waals surface area contributed by atoms with Crippen LogP contribution in [0.15, 0.2) is 0 Å². The van der Waals surface area contributed by atoms with E-state index < -0.39 is 11.7 Å². The first-order chi connectivity index (χ1) is 8.33. The van der Waals surface area contributed by atoms with Crippen molar-refractivity contribution >= 4 is 17.9 Å². The van der Waals surface area contributed by atoms with Gasteiger partial charge in [0.25, 0.3) is 0 Å². The molecule has 2 saturated heterocycles. The Kier molecular flexibility index (Phi) is 3.80. The van der Waals surface area contributed by atoms with Gasteiger partial charge >= 0.3 is 6.09 Å². The van der Waals surface area contributed by atoms with Gasteiger partial charge in [0.15, 0.2) is 0 Å². The lowest BCUT2D eigenvalue weighted by molar-refractivity contribution is 0.0105. The monoisotopic (exact) mass is 275 g/mol. The van der Waals surface area contributed by atoms with E-state index in [2.05, 4.69) is 0 Å². The standard InChI is InChI=1S/C12H21NO4S/c1-12(2,3)17-11(15)13-5-8(18-4)10-9(13)7(14)6-16-10/h7-10,14H,5-6H2,1-4H3. The molecule has 0 aliphatic carbocycles. The van der Waals surface area contributed by atoms with Crippen LogP contribution in [-0.2, 0) is 9.47 Å². The maximum absolute atomic E-state index is 12.1. The van der Waals surface area contributed by atoms with Crippen molar-refractivity contribution in [3.8, 4) is 0 Å². The Morgan fingerprint density at radius 2 is 2.17 bits per heavy atom. The van der Waals surface area contributed by atoms with Crippen LogP contribution in [0.3, 0.4) is 0 Å². The molecule has 2 rings (SSSR count). The van der Waals surface area contributed by atoms with Gasteiger partial charge in [-0.15, -0.1) is 0 Å². The van der Waals surface area contributed by atoms with Crippen LogP contribution in [0.5, 0.6) is 0 Å². The molecule has 4 atom stereocenters. The Labute approximate surface area is 112 Å². The normalized spacial score (nSPS) is 35.7. The molecular weight excluding hydrogens is 254 g/mol. The molecule has 1 amide bonds. The first-order valence-electron chi connectivity index (χ1n) is 6.15. The number of thioether (sulfide) groups is 1. The van der Waals surface area contributed by atoms with Crippen molar-refractivity contribution in [3.05, 3.63) is 0 Å². The van der Waals surface area contributed by atoms with Crippen LogP contribution in [0.2, 0.25) is 0 Å². The zero-order valence-electron chi connectivity index (χ0n) is 11.3. The number of amides is 1. The third kappa shape index (κ3) is 2.60. The summed E-state index contributed by atoms with van der Waals surface area (Å²) in [5.41, 5.74) is -0.519. The lowest BCUT2D eigenvalue weighted by Crippen LogP contribution is -2.46. The molecule has 0 spiro atoms. The number of rotatable bonds is 1. The van der Waals surface area contributed by atoms with Gasteiger partial charge in [-0.05, 0) is 27.0 Å². The Bertz CT molecular complexity index is 331. The van der Waals surface area contributed by atoms with Crippen molar-refractivity contribution in [2.24, 2.45) is 0 Å². The minimum absolute atomic E-state index is 0.0810. The zero-order chi connectivity index (χ0) is 13.5. The van der Waals surface area contributed by atoms with E-state index in [1.165, 1.54) is 0 Å². The molecule has 2 heterocycles.